The molecule has 0 radical (unpaired) electrons. The van der Waals surface area contributed by atoms with Crippen LogP contribution in [0.5, 0.6) is 11.5 Å². The van der Waals surface area contributed by atoms with Crippen molar-refractivity contribution in [3.05, 3.63) is 18.2 Å². The van der Waals surface area contributed by atoms with Crippen LogP contribution in [-0.2, 0) is 9.59 Å². The highest BCUT2D eigenvalue weighted by Crippen LogP contribution is 2.60. The molecular formula is C27H39N3O4. The number of carbonyl (C=O) groups excluding carboxylic acids is 2. The summed E-state index contributed by atoms with van der Waals surface area (Å²) in [5.74, 6) is 4.03. The number of nitrogens with zero attached hydrogens (tertiary/aromatic N) is 2. The molecule has 1 N–H and O–H groups in total. The van der Waals surface area contributed by atoms with E-state index in [1.54, 1.807) is 0 Å². The van der Waals surface area contributed by atoms with E-state index in [1.807, 2.05) is 32.0 Å². The molecule has 4 bridgehead atoms. The van der Waals surface area contributed by atoms with Gasteiger partial charge < -0.3 is 19.7 Å². The Bertz CT molecular complexity index is 874. The van der Waals surface area contributed by atoms with Crippen LogP contribution in [0.2, 0.25) is 0 Å². The number of nitrogens with one attached hydrogen (secondary N) is 1. The Balaban J connectivity index is 1.14. The number of hydrogen-bond acceptors (Lipinski definition) is 5. The predicted octanol–water partition coefficient (Wildman–Crippen LogP) is 3.78. The van der Waals surface area contributed by atoms with Crippen molar-refractivity contribution in [1.29, 1.82) is 0 Å². The molecular weight excluding hydrogens is 430 g/mol. The van der Waals surface area contributed by atoms with E-state index < -0.39 is 0 Å². The van der Waals surface area contributed by atoms with Crippen molar-refractivity contribution < 1.29 is 19.1 Å². The molecule has 0 spiro atoms. The molecule has 34 heavy (non-hydrogen) atoms. The van der Waals surface area contributed by atoms with Crippen molar-refractivity contribution in [2.75, 3.05) is 51.3 Å². The van der Waals surface area contributed by atoms with Crippen LogP contribution in [0.4, 0.5) is 5.69 Å². The third kappa shape index (κ3) is 4.77. The standard InChI is InChI=1S/C27H39N3O4/c1-3-33-22-5-6-24(34-4-2)23(14-22)28-25(31)18-29-7-9-30(10-8-29)26(32)27-15-19-11-20(16-27)13-21(12-19)17-27/h5-6,14,19-21H,3-4,7-13,15-18H2,1-2H3,(H,28,31). The van der Waals surface area contributed by atoms with E-state index >= 15 is 0 Å². The van der Waals surface area contributed by atoms with E-state index in [1.165, 1.54) is 19.3 Å². The maximum absolute atomic E-state index is 13.6. The number of hydrogen-bond donors (Lipinski definition) is 1. The normalized spacial score (nSPS) is 30.3. The second-order valence-electron chi connectivity index (χ2n) is 10.8. The summed E-state index contributed by atoms with van der Waals surface area (Å²) in [5.41, 5.74) is 0.559. The minimum Gasteiger partial charge on any atom is -0.494 e. The third-order valence-corrected chi connectivity index (χ3v) is 8.35. The summed E-state index contributed by atoms with van der Waals surface area (Å²) in [6.45, 7) is 8.17. The van der Waals surface area contributed by atoms with Crippen LogP contribution >= 0.6 is 0 Å². The lowest BCUT2D eigenvalue weighted by Gasteiger charge is -2.57. The highest BCUT2D eigenvalue weighted by molar-refractivity contribution is 5.94. The fourth-order valence-corrected chi connectivity index (χ4v) is 7.35. The zero-order chi connectivity index (χ0) is 23.7. The maximum Gasteiger partial charge on any atom is 0.238 e. The van der Waals surface area contributed by atoms with Crippen molar-refractivity contribution in [2.45, 2.75) is 52.4 Å². The molecule has 2 amide bonds. The van der Waals surface area contributed by atoms with Crippen LogP contribution in [-0.4, -0.2) is 67.6 Å². The lowest BCUT2D eigenvalue weighted by Crippen LogP contribution is -2.58. The van der Waals surface area contributed by atoms with Crippen LogP contribution in [0.3, 0.4) is 0 Å². The van der Waals surface area contributed by atoms with Gasteiger partial charge in [0.05, 0.1) is 30.9 Å². The van der Waals surface area contributed by atoms with Gasteiger partial charge in [0.1, 0.15) is 11.5 Å². The largest absolute Gasteiger partial charge is 0.494 e. The summed E-state index contributed by atoms with van der Waals surface area (Å²) >= 11 is 0. The average molecular weight is 470 g/mol. The molecule has 1 heterocycles. The van der Waals surface area contributed by atoms with Crippen molar-refractivity contribution in [3.63, 3.8) is 0 Å². The molecule has 7 heteroatoms. The van der Waals surface area contributed by atoms with Gasteiger partial charge >= 0.3 is 0 Å². The van der Waals surface area contributed by atoms with E-state index in [2.05, 4.69) is 15.1 Å². The molecule has 1 aromatic carbocycles. The molecule has 0 aromatic heterocycles. The van der Waals surface area contributed by atoms with Crippen LogP contribution in [0.1, 0.15) is 52.4 Å². The maximum atomic E-state index is 13.6. The lowest BCUT2D eigenvalue weighted by atomic mass is 9.49. The first-order valence-electron chi connectivity index (χ1n) is 13.2. The van der Waals surface area contributed by atoms with E-state index in [0.29, 0.717) is 42.9 Å². The van der Waals surface area contributed by atoms with Crippen LogP contribution in [0.15, 0.2) is 18.2 Å². The van der Waals surface area contributed by atoms with Gasteiger partial charge in [0, 0.05) is 32.2 Å². The van der Waals surface area contributed by atoms with Crippen LogP contribution < -0.4 is 14.8 Å². The zero-order valence-corrected chi connectivity index (χ0v) is 20.7. The van der Waals surface area contributed by atoms with E-state index in [9.17, 15) is 9.59 Å². The van der Waals surface area contributed by atoms with Crippen molar-refractivity contribution >= 4 is 17.5 Å². The monoisotopic (exact) mass is 469 g/mol. The predicted molar refractivity (Wildman–Crippen MR) is 131 cm³/mol. The van der Waals surface area contributed by atoms with Gasteiger partial charge in [0.15, 0.2) is 0 Å². The Kier molecular flexibility index (Phi) is 6.74. The minimum atomic E-state index is -0.0739. The summed E-state index contributed by atoms with van der Waals surface area (Å²) in [4.78, 5) is 30.7. The summed E-state index contributed by atoms with van der Waals surface area (Å²) in [5, 5.41) is 3.00. The lowest BCUT2D eigenvalue weighted by molar-refractivity contribution is -0.159. The van der Waals surface area contributed by atoms with Gasteiger partial charge in [-0.1, -0.05) is 0 Å². The SMILES string of the molecule is CCOc1ccc(OCC)c(NC(=O)CN2CCN(C(=O)C34CC5CC(CC(C5)C3)C4)CC2)c1. The fourth-order valence-electron chi connectivity index (χ4n) is 7.35. The van der Waals surface area contributed by atoms with Gasteiger partial charge in [-0.15, -0.1) is 0 Å². The first-order chi connectivity index (χ1) is 16.5. The molecule has 0 unspecified atom stereocenters. The summed E-state index contributed by atoms with van der Waals surface area (Å²) in [7, 11) is 0. The average Bonchev–Trinajstić information content (AvgIpc) is 2.80. The van der Waals surface area contributed by atoms with Gasteiger partial charge in [-0.3, -0.25) is 14.5 Å². The fraction of sp³-hybridized carbons (Fsp3) is 0.704. The van der Waals surface area contributed by atoms with Gasteiger partial charge in [0.25, 0.3) is 0 Å². The number of amides is 2. The Morgan fingerprint density at radius 2 is 1.56 bits per heavy atom. The Morgan fingerprint density at radius 1 is 0.941 bits per heavy atom. The molecule has 5 fully saturated rings. The second kappa shape index (κ2) is 9.76. The quantitative estimate of drug-likeness (QED) is 0.627. The second-order valence-corrected chi connectivity index (χ2v) is 10.8. The summed E-state index contributed by atoms with van der Waals surface area (Å²) in [6, 6.07) is 5.50. The number of ether oxygens (including phenoxy) is 2. The van der Waals surface area contributed by atoms with Crippen LogP contribution in [0.25, 0.3) is 0 Å². The molecule has 4 aliphatic carbocycles. The molecule has 1 aromatic rings. The summed E-state index contributed by atoms with van der Waals surface area (Å²) in [6.07, 6.45) is 7.41. The topological polar surface area (TPSA) is 71.1 Å². The summed E-state index contributed by atoms with van der Waals surface area (Å²) < 4.78 is 11.3. The first kappa shape index (κ1) is 23.5. The Hall–Kier alpha value is -2.28. The highest BCUT2D eigenvalue weighted by atomic mass is 16.5. The van der Waals surface area contributed by atoms with Gasteiger partial charge in [-0.05, 0) is 82.3 Å². The molecule has 186 valence electrons. The minimum absolute atomic E-state index is 0.0736. The molecule has 5 aliphatic rings. The van der Waals surface area contributed by atoms with E-state index in [4.69, 9.17) is 9.47 Å². The van der Waals surface area contributed by atoms with Gasteiger partial charge in [-0.2, -0.15) is 0 Å². The molecule has 1 saturated heterocycles. The number of anilines is 1. The molecule has 6 rings (SSSR count). The Labute approximate surface area is 203 Å². The van der Waals surface area contributed by atoms with Gasteiger partial charge in [0.2, 0.25) is 11.8 Å². The highest BCUT2D eigenvalue weighted by Gasteiger charge is 2.55. The number of carbonyl (C=O) groups is 2. The van der Waals surface area contributed by atoms with E-state index in [0.717, 1.165) is 63.2 Å². The van der Waals surface area contributed by atoms with Crippen molar-refractivity contribution in [3.8, 4) is 11.5 Å². The molecule has 4 saturated carbocycles. The van der Waals surface area contributed by atoms with Crippen molar-refractivity contribution in [1.82, 2.24) is 9.80 Å². The smallest absolute Gasteiger partial charge is 0.238 e. The molecule has 0 atom stereocenters. The molecule has 7 nitrogen and oxygen atoms in total. The number of benzene rings is 1. The Morgan fingerprint density at radius 3 is 2.15 bits per heavy atom. The van der Waals surface area contributed by atoms with Crippen molar-refractivity contribution in [2.24, 2.45) is 23.2 Å². The van der Waals surface area contributed by atoms with Gasteiger partial charge in [-0.25, -0.2) is 0 Å². The molecule has 1 aliphatic heterocycles. The van der Waals surface area contributed by atoms with E-state index in [-0.39, 0.29) is 11.3 Å². The third-order valence-electron chi connectivity index (χ3n) is 8.35. The zero-order valence-electron chi connectivity index (χ0n) is 20.7. The number of rotatable bonds is 8. The first-order valence-corrected chi connectivity index (χ1v) is 13.2. The number of piperazine rings is 1. The van der Waals surface area contributed by atoms with Crippen LogP contribution in [0, 0.1) is 23.2 Å².